The number of rotatable bonds is 11. The molecule has 0 unspecified atom stereocenters. The topological polar surface area (TPSA) is 86.8 Å². The highest BCUT2D eigenvalue weighted by Crippen LogP contribution is 2.30. The Morgan fingerprint density at radius 2 is 1.51 bits per heavy atom. The van der Waals surface area contributed by atoms with Crippen molar-refractivity contribution in [3.8, 4) is 0 Å². The second-order valence-electron chi connectivity index (χ2n) is 10.0. The first-order valence-electron chi connectivity index (χ1n) is 13.1. The maximum atomic E-state index is 14.1. The molecule has 3 aromatic rings. The minimum absolute atomic E-state index is 0.0186. The van der Waals surface area contributed by atoms with Gasteiger partial charge in [0, 0.05) is 27.7 Å². The standard InChI is InChI=1S/C30H34Cl3N3O4S/c1-6-21(4)34-30(38)22(5)35(17-23-10-12-24(31)15-27(23)33)29(37)18-36(28-16-25(32)11-9-20(28)3)41(39,40)26-13-7-19(2)8-14-26/h7-16,21-22H,6,17-18H2,1-5H3,(H,34,38)/t21-,22-/m1/s1. The fourth-order valence-electron chi connectivity index (χ4n) is 4.08. The van der Waals surface area contributed by atoms with Crippen LogP contribution < -0.4 is 9.62 Å². The van der Waals surface area contributed by atoms with Crippen molar-refractivity contribution in [1.29, 1.82) is 0 Å². The van der Waals surface area contributed by atoms with Crippen LogP contribution in [0.1, 0.15) is 43.9 Å². The van der Waals surface area contributed by atoms with E-state index in [0.29, 0.717) is 32.6 Å². The summed E-state index contributed by atoms with van der Waals surface area (Å²) in [6, 6.07) is 15.0. The van der Waals surface area contributed by atoms with Gasteiger partial charge in [-0.25, -0.2) is 8.42 Å². The molecule has 0 aliphatic heterocycles. The molecular weight excluding hydrogens is 605 g/mol. The Kier molecular flexibility index (Phi) is 11.1. The van der Waals surface area contributed by atoms with E-state index in [1.165, 1.54) is 23.1 Å². The maximum absolute atomic E-state index is 14.1. The van der Waals surface area contributed by atoms with Crippen LogP contribution in [0.3, 0.4) is 0 Å². The van der Waals surface area contributed by atoms with E-state index in [4.69, 9.17) is 34.8 Å². The molecule has 0 saturated carbocycles. The lowest BCUT2D eigenvalue weighted by molar-refractivity contribution is -0.139. The third kappa shape index (κ3) is 8.16. The predicted molar refractivity (Wildman–Crippen MR) is 166 cm³/mol. The Morgan fingerprint density at radius 3 is 2.12 bits per heavy atom. The number of nitrogens with zero attached hydrogens (tertiary/aromatic N) is 2. The van der Waals surface area contributed by atoms with Gasteiger partial charge in [-0.15, -0.1) is 0 Å². The second-order valence-corrected chi connectivity index (χ2v) is 13.1. The lowest BCUT2D eigenvalue weighted by Gasteiger charge is -2.33. The number of sulfonamides is 1. The number of hydrogen-bond donors (Lipinski definition) is 1. The molecule has 0 saturated heterocycles. The van der Waals surface area contributed by atoms with Crippen LogP contribution in [-0.4, -0.2) is 43.8 Å². The van der Waals surface area contributed by atoms with Crippen molar-refractivity contribution in [2.75, 3.05) is 10.8 Å². The van der Waals surface area contributed by atoms with E-state index < -0.39 is 28.5 Å². The lowest BCUT2D eigenvalue weighted by atomic mass is 10.1. The molecule has 0 radical (unpaired) electrons. The second kappa shape index (κ2) is 13.9. The molecule has 1 N–H and O–H groups in total. The van der Waals surface area contributed by atoms with Crippen molar-refractivity contribution in [3.63, 3.8) is 0 Å². The molecule has 0 aromatic heterocycles. The summed E-state index contributed by atoms with van der Waals surface area (Å²) in [5.74, 6) is -0.970. The summed E-state index contributed by atoms with van der Waals surface area (Å²) in [5, 5.41) is 3.96. The van der Waals surface area contributed by atoms with Crippen LogP contribution in [0.4, 0.5) is 5.69 Å². The van der Waals surface area contributed by atoms with Gasteiger partial charge in [-0.1, -0.05) is 71.6 Å². The van der Waals surface area contributed by atoms with Gasteiger partial charge in [-0.05, 0) is 81.6 Å². The van der Waals surface area contributed by atoms with Gasteiger partial charge in [0.1, 0.15) is 12.6 Å². The first kappa shape index (κ1) is 32.7. The van der Waals surface area contributed by atoms with Crippen LogP contribution >= 0.6 is 34.8 Å². The zero-order valence-corrected chi connectivity index (χ0v) is 26.7. The highest BCUT2D eigenvalue weighted by atomic mass is 35.5. The van der Waals surface area contributed by atoms with Crippen LogP contribution in [-0.2, 0) is 26.2 Å². The van der Waals surface area contributed by atoms with E-state index in [1.54, 1.807) is 56.3 Å². The van der Waals surface area contributed by atoms with Crippen LogP contribution in [0, 0.1) is 13.8 Å². The summed E-state index contributed by atoms with van der Waals surface area (Å²) in [6.07, 6.45) is 0.700. The molecule has 2 amide bonds. The Labute approximate surface area is 257 Å². The molecule has 0 bridgehead atoms. The molecule has 0 aliphatic rings. The van der Waals surface area contributed by atoms with Crippen LogP contribution in [0.5, 0.6) is 0 Å². The van der Waals surface area contributed by atoms with Gasteiger partial charge >= 0.3 is 0 Å². The number of halogens is 3. The number of nitrogens with one attached hydrogen (secondary N) is 1. The van der Waals surface area contributed by atoms with Crippen LogP contribution in [0.15, 0.2) is 65.6 Å². The first-order valence-corrected chi connectivity index (χ1v) is 15.7. The normalized spacial score (nSPS) is 12.9. The fraction of sp³-hybridized carbons (Fsp3) is 0.333. The number of hydrogen-bond acceptors (Lipinski definition) is 4. The Morgan fingerprint density at radius 1 is 0.902 bits per heavy atom. The van der Waals surface area contributed by atoms with Crippen molar-refractivity contribution >= 4 is 62.3 Å². The largest absolute Gasteiger partial charge is 0.352 e. The molecule has 0 fully saturated rings. The van der Waals surface area contributed by atoms with Crippen molar-refractivity contribution in [2.45, 2.75) is 64.6 Å². The number of amides is 2. The summed E-state index contributed by atoms with van der Waals surface area (Å²) < 4.78 is 29.0. The van der Waals surface area contributed by atoms with Gasteiger partial charge in [-0.2, -0.15) is 0 Å². The van der Waals surface area contributed by atoms with E-state index >= 15 is 0 Å². The van der Waals surface area contributed by atoms with Gasteiger partial charge in [0.15, 0.2) is 0 Å². The Bertz CT molecular complexity index is 1510. The zero-order valence-electron chi connectivity index (χ0n) is 23.6. The molecule has 0 spiro atoms. The average molecular weight is 639 g/mol. The summed E-state index contributed by atoms with van der Waals surface area (Å²) in [4.78, 5) is 28.6. The maximum Gasteiger partial charge on any atom is 0.264 e. The highest BCUT2D eigenvalue weighted by Gasteiger charge is 2.33. The molecule has 2 atom stereocenters. The van der Waals surface area contributed by atoms with E-state index in [-0.39, 0.29) is 29.1 Å². The number of carbonyl (C=O) groups is 2. The van der Waals surface area contributed by atoms with E-state index in [9.17, 15) is 18.0 Å². The van der Waals surface area contributed by atoms with E-state index in [0.717, 1.165) is 9.87 Å². The van der Waals surface area contributed by atoms with Crippen molar-refractivity contribution in [1.82, 2.24) is 10.2 Å². The summed E-state index contributed by atoms with van der Waals surface area (Å²) >= 11 is 18.8. The average Bonchev–Trinajstić information content (AvgIpc) is 2.92. The monoisotopic (exact) mass is 637 g/mol. The quantitative estimate of drug-likeness (QED) is 0.251. The van der Waals surface area contributed by atoms with Gasteiger partial charge in [0.25, 0.3) is 10.0 Å². The lowest BCUT2D eigenvalue weighted by Crippen LogP contribution is -2.52. The van der Waals surface area contributed by atoms with E-state index in [1.807, 2.05) is 20.8 Å². The Hall–Kier alpha value is -2.78. The van der Waals surface area contributed by atoms with E-state index in [2.05, 4.69) is 5.32 Å². The summed E-state index contributed by atoms with van der Waals surface area (Å²) in [6.45, 7) is 8.37. The van der Waals surface area contributed by atoms with Gasteiger partial charge in [0.2, 0.25) is 11.8 Å². The fourth-order valence-corrected chi connectivity index (χ4v) is 6.19. The zero-order chi connectivity index (χ0) is 30.5. The smallest absolute Gasteiger partial charge is 0.264 e. The molecule has 3 rings (SSSR count). The minimum atomic E-state index is -4.21. The number of anilines is 1. The molecule has 3 aromatic carbocycles. The SMILES string of the molecule is CC[C@@H](C)NC(=O)[C@@H](C)N(Cc1ccc(Cl)cc1Cl)C(=O)CN(c1cc(Cl)ccc1C)S(=O)(=O)c1ccc(C)cc1. The molecule has 7 nitrogen and oxygen atoms in total. The predicted octanol–water partition coefficient (Wildman–Crippen LogP) is 6.79. The Balaban J connectivity index is 2.09. The van der Waals surface area contributed by atoms with Crippen LogP contribution in [0.2, 0.25) is 15.1 Å². The molecule has 11 heteroatoms. The first-order chi connectivity index (χ1) is 19.2. The molecular formula is C30H34Cl3N3O4S. The number of benzene rings is 3. The van der Waals surface area contributed by atoms with Crippen molar-refractivity contribution < 1.29 is 18.0 Å². The minimum Gasteiger partial charge on any atom is -0.352 e. The third-order valence-corrected chi connectivity index (χ3v) is 9.45. The molecule has 41 heavy (non-hydrogen) atoms. The molecule has 0 heterocycles. The van der Waals surface area contributed by atoms with Crippen molar-refractivity contribution in [3.05, 3.63) is 92.4 Å². The van der Waals surface area contributed by atoms with Gasteiger partial charge in [-0.3, -0.25) is 13.9 Å². The van der Waals surface area contributed by atoms with Gasteiger partial charge in [0.05, 0.1) is 10.6 Å². The summed E-state index contributed by atoms with van der Waals surface area (Å²) in [7, 11) is -4.21. The van der Waals surface area contributed by atoms with Crippen LogP contribution in [0.25, 0.3) is 0 Å². The molecule has 220 valence electrons. The summed E-state index contributed by atoms with van der Waals surface area (Å²) in [5.41, 5.74) is 2.30. The molecule has 0 aliphatic carbocycles. The number of carbonyl (C=O) groups excluding carboxylic acids is 2. The number of aryl methyl sites for hydroxylation is 2. The van der Waals surface area contributed by atoms with Gasteiger partial charge < -0.3 is 10.2 Å². The third-order valence-electron chi connectivity index (χ3n) is 6.85. The van der Waals surface area contributed by atoms with Crippen molar-refractivity contribution in [2.24, 2.45) is 0 Å². The highest BCUT2D eigenvalue weighted by molar-refractivity contribution is 7.92.